The molecule has 0 bridgehead atoms. The highest BCUT2D eigenvalue weighted by Crippen LogP contribution is 2.25. The Hall–Kier alpha value is -4.45. The smallest absolute Gasteiger partial charge is 0.311 e. The molecule has 0 N–H and O–H groups in total. The maximum atomic E-state index is 13.3. The first-order valence-electron chi connectivity index (χ1n) is 22.2. The summed E-state index contributed by atoms with van der Waals surface area (Å²) in [6.07, 6.45) is 45.2. The number of unbranched alkanes of at least 4 members (excludes halogenated alkanes) is 16. The molecular weight excluding hydrogens is 709 g/mol. The maximum Gasteiger partial charge on any atom is 0.311 e. The van der Waals surface area contributed by atoms with Gasteiger partial charge in [0.1, 0.15) is 23.3 Å². The summed E-state index contributed by atoms with van der Waals surface area (Å²) in [7, 11) is 0. The number of ether oxygens (including phenoxy) is 2. The average Bonchev–Trinajstić information content (AvgIpc) is 3.21. The Balaban J connectivity index is 1.29. The minimum atomic E-state index is -0.286. The molecule has 57 heavy (non-hydrogen) atoms. The average molecular weight is 779 g/mol. The molecule has 6 heteroatoms. The van der Waals surface area contributed by atoms with Crippen molar-refractivity contribution >= 4 is 22.9 Å². The van der Waals surface area contributed by atoms with Gasteiger partial charge in [-0.25, -0.2) is 0 Å². The molecule has 0 spiro atoms. The van der Waals surface area contributed by atoms with Crippen LogP contribution in [0, 0.1) is 0 Å². The molecule has 0 fully saturated rings. The number of allylic oxidation sites excluding steroid dienone is 8. The fourth-order valence-electron chi connectivity index (χ4n) is 6.60. The first-order valence-corrected chi connectivity index (χ1v) is 22.2. The third-order valence-electron chi connectivity index (χ3n) is 10.0. The molecule has 0 aliphatic carbocycles. The van der Waals surface area contributed by atoms with E-state index in [0.29, 0.717) is 46.4 Å². The van der Waals surface area contributed by atoms with Crippen LogP contribution in [0.3, 0.4) is 0 Å². The molecule has 0 aliphatic heterocycles. The van der Waals surface area contributed by atoms with E-state index in [1.54, 1.807) is 42.5 Å². The van der Waals surface area contributed by atoms with Gasteiger partial charge in [-0.3, -0.25) is 14.4 Å². The van der Waals surface area contributed by atoms with Crippen LogP contribution >= 0.6 is 0 Å². The van der Waals surface area contributed by atoms with E-state index in [4.69, 9.17) is 13.9 Å². The fraction of sp³-hybridized carbons (Fsp3) is 0.510. The van der Waals surface area contributed by atoms with Gasteiger partial charge in [0.2, 0.25) is 0 Å². The molecule has 6 nitrogen and oxygen atoms in total. The van der Waals surface area contributed by atoms with Gasteiger partial charge in [-0.1, -0.05) is 139 Å². The third kappa shape index (κ3) is 21.0. The van der Waals surface area contributed by atoms with Gasteiger partial charge in [-0.05, 0) is 107 Å². The largest absolute Gasteiger partial charge is 0.463 e. The van der Waals surface area contributed by atoms with Crippen molar-refractivity contribution in [3.63, 3.8) is 0 Å². The zero-order valence-corrected chi connectivity index (χ0v) is 35.2. The number of hydrogen-bond donors (Lipinski definition) is 0. The molecule has 0 saturated carbocycles. The van der Waals surface area contributed by atoms with E-state index in [0.717, 1.165) is 70.6 Å². The Morgan fingerprint density at radius 2 is 0.965 bits per heavy atom. The van der Waals surface area contributed by atoms with Gasteiger partial charge in [0.25, 0.3) is 0 Å². The standard InChI is InChI=1S/C51H70O6/c1-3-5-7-9-11-13-15-17-19-21-23-25-27-29-31-33-49(52)56-44-37-35-43(36-38-44)47-42-55-48-41-45(39-40-46(48)51(47)54)57-50(53)34-32-30-28-26-24-22-20-18-16-14-12-10-8-6-4-2/h11-14,17-20,35-42H,3-10,15-16,21-34H2,1-2H3/b13-11-,14-12-,19-17-,20-18-. The van der Waals surface area contributed by atoms with Crippen molar-refractivity contribution in [3.8, 4) is 22.6 Å². The summed E-state index contributed by atoms with van der Waals surface area (Å²) in [6.45, 7) is 4.47. The lowest BCUT2D eigenvalue weighted by molar-refractivity contribution is -0.135. The Labute approximate surface area is 343 Å². The van der Waals surface area contributed by atoms with Crippen LogP contribution in [0.1, 0.15) is 168 Å². The quantitative estimate of drug-likeness (QED) is 0.0280. The van der Waals surface area contributed by atoms with Crippen LogP contribution in [0.5, 0.6) is 11.5 Å². The van der Waals surface area contributed by atoms with Crippen molar-refractivity contribution in [2.24, 2.45) is 0 Å². The van der Waals surface area contributed by atoms with Crippen LogP contribution < -0.4 is 14.9 Å². The van der Waals surface area contributed by atoms with Crippen molar-refractivity contribution in [1.82, 2.24) is 0 Å². The molecule has 0 amide bonds. The molecule has 2 aromatic carbocycles. The van der Waals surface area contributed by atoms with Gasteiger partial charge < -0.3 is 13.9 Å². The Morgan fingerprint density at radius 3 is 1.47 bits per heavy atom. The fourth-order valence-corrected chi connectivity index (χ4v) is 6.60. The summed E-state index contributed by atoms with van der Waals surface area (Å²) in [4.78, 5) is 38.3. The second kappa shape index (κ2) is 30.7. The number of fused-ring (bicyclic) bond motifs is 1. The lowest BCUT2D eigenvalue weighted by atomic mass is 10.1. The summed E-state index contributed by atoms with van der Waals surface area (Å²) in [6, 6.07) is 11.8. The molecule has 1 aromatic heterocycles. The van der Waals surface area contributed by atoms with Crippen LogP contribution in [0.25, 0.3) is 22.1 Å². The first kappa shape index (κ1) is 46.9. The van der Waals surface area contributed by atoms with E-state index < -0.39 is 0 Å². The summed E-state index contributed by atoms with van der Waals surface area (Å²) < 4.78 is 16.9. The minimum Gasteiger partial charge on any atom is -0.463 e. The Kier molecular flexibility index (Phi) is 25.2. The molecule has 1 heterocycles. The highest BCUT2D eigenvalue weighted by atomic mass is 16.5. The molecule has 0 aliphatic rings. The van der Waals surface area contributed by atoms with E-state index in [2.05, 4.69) is 62.5 Å². The summed E-state index contributed by atoms with van der Waals surface area (Å²) >= 11 is 0. The minimum absolute atomic E-state index is 0.189. The molecule has 310 valence electrons. The summed E-state index contributed by atoms with van der Waals surface area (Å²) in [5.74, 6) is 0.270. The van der Waals surface area contributed by atoms with Gasteiger partial charge in [0.15, 0.2) is 5.43 Å². The molecular formula is C51H70O6. The zero-order valence-electron chi connectivity index (χ0n) is 35.2. The van der Waals surface area contributed by atoms with Crippen molar-refractivity contribution < 1.29 is 23.5 Å². The second-order valence-electron chi connectivity index (χ2n) is 15.1. The molecule has 0 radical (unpaired) electrons. The summed E-state index contributed by atoms with van der Waals surface area (Å²) in [5, 5.41) is 0.397. The lowest BCUT2D eigenvalue weighted by Gasteiger charge is -2.08. The molecule has 3 rings (SSSR count). The molecule has 0 atom stereocenters. The zero-order chi connectivity index (χ0) is 40.6. The van der Waals surface area contributed by atoms with Gasteiger partial charge in [0, 0.05) is 18.9 Å². The molecule has 0 unspecified atom stereocenters. The summed E-state index contributed by atoms with van der Waals surface area (Å²) in [5.41, 5.74) is 1.22. The molecule has 3 aromatic rings. The van der Waals surface area contributed by atoms with Gasteiger partial charge >= 0.3 is 11.9 Å². The van der Waals surface area contributed by atoms with Crippen molar-refractivity contribution in [1.29, 1.82) is 0 Å². The van der Waals surface area contributed by atoms with Crippen LogP contribution in [0.2, 0.25) is 0 Å². The number of hydrogen-bond acceptors (Lipinski definition) is 6. The highest BCUT2D eigenvalue weighted by Gasteiger charge is 2.13. The van der Waals surface area contributed by atoms with Crippen LogP contribution in [0.4, 0.5) is 0 Å². The lowest BCUT2D eigenvalue weighted by Crippen LogP contribution is -2.09. The van der Waals surface area contributed by atoms with E-state index in [-0.39, 0.29) is 17.4 Å². The third-order valence-corrected chi connectivity index (χ3v) is 10.0. The van der Waals surface area contributed by atoms with E-state index in [9.17, 15) is 14.4 Å². The monoisotopic (exact) mass is 779 g/mol. The van der Waals surface area contributed by atoms with Crippen molar-refractivity contribution in [3.05, 3.63) is 108 Å². The predicted octanol–water partition coefficient (Wildman–Crippen LogP) is 14.9. The van der Waals surface area contributed by atoms with E-state index >= 15 is 0 Å². The highest BCUT2D eigenvalue weighted by molar-refractivity contribution is 5.83. The predicted molar refractivity (Wildman–Crippen MR) is 238 cm³/mol. The van der Waals surface area contributed by atoms with Crippen molar-refractivity contribution in [2.45, 2.75) is 168 Å². The van der Waals surface area contributed by atoms with Crippen LogP contribution in [-0.4, -0.2) is 11.9 Å². The normalized spacial score (nSPS) is 11.9. The first-order chi connectivity index (χ1) is 28.0. The topological polar surface area (TPSA) is 82.8 Å². The maximum absolute atomic E-state index is 13.3. The second-order valence-corrected chi connectivity index (χ2v) is 15.1. The number of benzene rings is 2. The number of carbonyl (C=O) groups excluding carboxylic acids is 2. The van der Waals surface area contributed by atoms with Crippen LogP contribution in [0.15, 0.2) is 107 Å². The van der Waals surface area contributed by atoms with Crippen LogP contribution in [-0.2, 0) is 9.59 Å². The Bertz CT molecular complexity index is 1720. The molecule has 0 saturated heterocycles. The van der Waals surface area contributed by atoms with E-state index in [1.807, 2.05) is 0 Å². The van der Waals surface area contributed by atoms with E-state index in [1.165, 1.54) is 76.9 Å². The number of rotatable bonds is 31. The van der Waals surface area contributed by atoms with Gasteiger partial charge in [-0.15, -0.1) is 0 Å². The number of esters is 2. The SMILES string of the molecule is CCCCC/C=C\C/C=C\CCCCCCCC(=O)Oc1ccc(-c2coc3cc(OC(=O)CCCCCCC/C=C\C/C=C\CCCCC)ccc3c2=O)cc1. The Morgan fingerprint density at radius 1 is 0.526 bits per heavy atom. The van der Waals surface area contributed by atoms with Gasteiger partial charge in [-0.2, -0.15) is 0 Å². The van der Waals surface area contributed by atoms with Gasteiger partial charge in [0.05, 0.1) is 10.9 Å². The number of carbonyl (C=O) groups is 2. The van der Waals surface area contributed by atoms with Crippen molar-refractivity contribution in [2.75, 3.05) is 0 Å².